The molecule has 45 heavy (non-hydrogen) atoms. The molecule has 7 heteroatoms. The number of amides is 1. The van der Waals surface area contributed by atoms with Gasteiger partial charge in [-0.1, -0.05) is 105 Å². The first-order valence-corrected chi connectivity index (χ1v) is 15.7. The summed E-state index contributed by atoms with van der Waals surface area (Å²) in [6, 6.07) is 29.5. The van der Waals surface area contributed by atoms with Gasteiger partial charge in [-0.05, 0) is 41.2 Å². The van der Waals surface area contributed by atoms with Gasteiger partial charge in [-0.15, -0.1) is 0 Å². The first-order valence-electron chi connectivity index (χ1n) is 15.7. The standard InChI is InChI=1S/C38H39NO6/c1-3-33-28-18-11-17-27(32(42)21-26(22-40)24-13-7-5-8-14-24)35(28)38(44-33)36-29(34(4-2)45-38)19-12-20-30(36)37(43)39-31(23-41)25-15-9-6-10-16-25/h5-20,26,31,33-34,40-41H,3-4,21-23H2,1-2H3,(H,39,43)/t26-,31-,33+,34+,38+/m0/s1. The van der Waals surface area contributed by atoms with Gasteiger partial charge in [0.2, 0.25) is 5.79 Å². The van der Waals surface area contributed by atoms with E-state index in [2.05, 4.69) is 5.32 Å². The van der Waals surface area contributed by atoms with Crippen LogP contribution in [0.3, 0.4) is 0 Å². The Kier molecular flexibility index (Phi) is 8.97. The number of aliphatic hydroxyl groups is 2. The van der Waals surface area contributed by atoms with E-state index in [0.29, 0.717) is 35.1 Å². The Hall–Kier alpha value is -4.14. The molecule has 2 aliphatic heterocycles. The Morgan fingerprint density at radius 3 is 1.78 bits per heavy atom. The Morgan fingerprint density at radius 2 is 1.24 bits per heavy atom. The molecule has 0 bridgehead atoms. The van der Waals surface area contributed by atoms with E-state index in [1.54, 1.807) is 12.1 Å². The van der Waals surface area contributed by atoms with Gasteiger partial charge < -0.3 is 25.0 Å². The van der Waals surface area contributed by atoms with Crippen LogP contribution in [0.15, 0.2) is 97.1 Å². The summed E-state index contributed by atoms with van der Waals surface area (Å²) >= 11 is 0. The molecule has 232 valence electrons. The van der Waals surface area contributed by atoms with Crippen molar-refractivity contribution >= 4 is 11.7 Å². The van der Waals surface area contributed by atoms with Crippen molar-refractivity contribution in [2.75, 3.05) is 13.2 Å². The lowest BCUT2D eigenvalue weighted by molar-refractivity contribution is -0.236. The Morgan fingerprint density at radius 1 is 0.711 bits per heavy atom. The average Bonchev–Trinajstić information content (AvgIpc) is 3.60. The molecule has 0 fully saturated rings. The minimum absolute atomic E-state index is 0.102. The van der Waals surface area contributed by atoms with E-state index >= 15 is 0 Å². The highest BCUT2D eigenvalue weighted by Gasteiger charge is 2.57. The summed E-state index contributed by atoms with van der Waals surface area (Å²) < 4.78 is 13.7. The SMILES string of the molecule is CC[C@H]1O[C@@]2(O[C@H](CC)c3cccc(C(=O)N[C@@H](CO)c4ccccc4)c32)c2c(C(=O)C[C@@H](CO)c3ccccc3)cccc21. The molecule has 6 rings (SSSR count). The molecule has 2 aliphatic rings. The van der Waals surface area contributed by atoms with Crippen LogP contribution >= 0.6 is 0 Å². The summed E-state index contributed by atoms with van der Waals surface area (Å²) in [5.41, 5.74) is 5.45. The molecule has 7 nitrogen and oxygen atoms in total. The minimum Gasteiger partial charge on any atom is -0.396 e. The molecule has 0 saturated carbocycles. The highest BCUT2D eigenvalue weighted by atomic mass is 16.7. The van der Waals surface area contributed by atoms with Crippen LogP contribution < -0.4 is 5.32 Å². The van der Waals surface area contributed by atoms with Crippen LogP contribution in [-0.4, -0.2) is 35.1 Å². The van der Waals surface area contributed by atoms with E-state index in [1.807, 2.05) is 98.8 Å². The summed E-state index contributed by atoms with van der Waals surface area (Å²) in [4.78, 5) is 28.3. The first kappa shape index (κ1) is 30.9. The molecule has 1 spiro atoms. The summed E-state index contributed by atoms with van der Waals surface area (Å²) in [7, 11) is 0. The Balaban J connectivity index is 1.46. The lowest BCUT2D eigenvalue weighted by Crippen LogP contribution is -2.35. The molecule has 4 aromatic carbocycles. The van der Waals surface area contributed by atoms with Crippen LogP contribution in [0.5, 0.6) is 0 Å². The second-order valence-corrected chi connectivity index (χ2v) is 11.7. The fraction of sp³-hybridized carbons (Fsp3) is 0.316. The number of ketones is 1. The van der Waals surface area contributed by atoms with Crippen molar-refractivity contribution < 1.29 is 29.3 Å². The zero-order valence-electron chi connectivity index (χ0n) is 25.6. The van der Waals surface area contributed by atoms with Crippen molar-refractivity contribution in [1.82, 2.24) is 5.32 Å². The maximum Gasteiger partial charge on any atom is 0.252 e. The molecule has 3 N–H and O–H groups in total. The van der Waals surface area contributed by atoms with Gasteiger partial charge >= 0.3 is 0 Å². The Labute approximate surface area is 263 Å². The highest BCUT2D eigenvalue weighted by molar-refractivity contribution is 6.00. The second-order valence-electron chi connectivity index (χ2n) is 11.7. The summed E-state index contributed by atoms with van der Waals surface area (Å²) in [5.74, 6) is -2.35. The lowest BCUT2D eigenvalue weighted by atomic mass is 9.83. The summed E-state index contributed by atoms with van der Waals surface area (Å²) in [5, 5.41) is 23.5. The number of carbonyl (C=O) groups excluding carboxylic acids is 2. The number of benzene rings is 4. The predicted octanol–water partition coefficient (Wildman–Crippen LogP) is 6.66. The maximum absolute atomic E-state index is 14.2. The molecule has 5 atom stereocenters. The van der Waals surface area contributed by atoms with Crippen LogP contribution in [0, 0.1) is 0 Å². The number of nitrogens with one attached hydrogen (secondary N) is 1. The zero-order valence-corrected chi connectivity index (χ0v) is 25.6. The third-order valence-electron chi connectivity index (χ3n) is 9.06. The van der Waals surface area contributed by atoms with Crippen molar-refractivity contribution in [3.05, 3.63) is 142 Å². The molecule has 0 unspecified atom stereocenters. The molecular formula is C38H39NO6. The van der Waals surface area contributed by atoms with Gasteiger partial charge in [0.05, 0.1) is 31.5 Å². The predicted molar refractivity (Wildman–Crippen MR) is 171 cm³/mol. The monoisotopic (exact) mass is 605 g/mol. The fourth-order valence-corrected chi connectivity index (χ4v) is 6.86. The molecule has 1 amide bonds. The first-order chi connectivity index (χ1) is 21.9. The summed E-state index contributed by atoms with van der Waals surface area (Å²) in [6.45, 7) is 3.61. The number of Topliss-reactive ketones (excluding diaryl/α,β-unsaturated/α-hetero) is 1. The Bertz CT molecular complexity index is 1550. The third-order valence-corrected chi connectivity index (χ3v) is 9.06. The van der Waals surface area contributed by atoms with Crippen molar-refractivity contribution in [1.29, 1.82) is 0 Å². The van der Waals surface area contributed by atoms with Gasteiger partial charge in [0.15, 0.2) is 5.78 Å². The number of aliphatic hydroxyl groups excluding tert-OH is 2. The number of carbonyl (C=O) groups is 2. The maximum atomic E-state index is 14.2. The molecule has 0 radical (unpaired) electrons. The van der Waals surface area contributed by atoms with E-state index in [1.165, 1.54) is 0 Å². The molecule has 0 aliphatic carbocycles. The van der Waals surface area contributed by atoms with E-state index in [0.717, 1.165) is 22.3 Å². The van der Waals surface area contributed by atoms with Crippen LogP contribution in [0.4, 0.5) is 0 Å². The van der Waals surface area contributed by atoms with Crippen molar-refractivity contribution in [2.45, 2.75) is 63.1 Å². The van der Waals surface area contributed by atoms with Crippen molar-refractivity contribution in [3.63, 3.8) is 0 Å². The third kappa shape index (κ3) is 5.51. The largest absolute Gasteiger partial charge is 0.396 e. The van der Waals surface area contributed by atoms with E-state index < -0.39 is 11.8 Å². The van der Waals surface area contributed by atoms with E-state index in [4.69, 9.17) is 9.47 Å². The highest BCUT2D eigenvalue weighted by Crippen LogP contribution is 2.59. The van der Waals surface area contributed by atoms with Gasteiger partial charge in [-0.2, -0.15) is 0 Å². The van der Waals surface area contributed by atoms with E-state index in [-0.39, 0.29) is 49.5 Å². The second kappa shape index (κ2) is 13.1. The average molecular weight is 606 g/mol. The topological polar surface area (TPSA) is 105 Å². The lowest BCUT2D eigenvalue weighted by Gasteiger charge is -2.30. The molecular weight excluding hydrogens is 566 g/mol. The van der Waals surface area contributed by atoms with Gasteiger partial charge in [-0.25, -0.2) is 0 Å². The van der Waals surface area contributed by atoms with Crippen molar-refractivity contribution in [2.24, 2.45) is 0 Å². The molecule has 0 aromatic heterocycles. The number of hydrogen-bond donors (Lipinski definition) is 3. The fourth-order valence-electron chi connectivity index (χ4n) is 6.86. The number of ether oxygens (including phenoxy) is 2. The molecule has 0 saturated heterocycles. The quantitative estimate of drug-likeness (QED) is 0.165. The zero-order chi connectivity index (χ0) is 31.6. The van der Waals surface area contributed by atoms with Crippen LogP contribution in [0.1, 0.15) is 111 Å². The number of hydrogen-bond acceptors (Lipinski definition) is 6. The smallest absolute Gasteiger partial charge is 0.252 e. The van der Waals surface area contributed by atoms with Gasteiger partial charge in [0, 0.05) is 34.6 Å². The van der Waals surface area contributed by atoms with Crippen LogP contribution in [0.2, 0.25) is 0 Å². The number of fused-ring (bicyclic) bond motifs is 4. The van der Waals surface area contributed by atoms with Gasteiger partial charge in [0.25, 0.3) is 5.91 Å². The minimum atomic E-state index is -1.48. The van der Waals surface area contributed by atoms with Gasteiger partial charge in [0.1, 0.15) is 0 Å². The van der Waals surface area contributed by atoms with Gasteiger partial charge in [-0.3, -0.25) is 9.59 Å². The van der Waals surface area contributed by atoms with Crippen LogP contribution in [0.25, 0.3) is 0 Å². The number of rotatable bonds is 11. The van der Waals surface area contributed by atoms with Crippen LogP contribution in [-0.2, 0) is 15.3 Å². The molecule has 2 heterocycles. The van der Waals surface area contributed by atoms with Crippen molar-refractivity contribution in [3.8, 4) is 0 Å². The van der Waals surface area contributed by atoms with E-state index in [9.17, 15) is 19.8 Å². The normalized spacial score (nSPS) is 21.2. The summed E-state index contributed by atoms with van der Waals surface area (Å²) in [6.07, 6.45) is 0.655. The molecule has 4 aromatic rings.